The van der Waals surface area contributed by atoms with Crippen LogP contribution in [-0.2, 0) is 4.74 Å². The van der Waals surface area contributed by atoms with Crippen LogP contribution in [0.25, 0.3) is 11.0 Å². The monoisotopic (exact) mass is 260 g/mol. The van der Waals surface area contributed by atoms with Crippen molar-refractivity contribution < 1.29 is 4.74 Å². The summed E-state index contributed by atoms with van der Waals surface area (Å²) in [6.07, 6.45) is 0. The summed E-state index contributed by atoms with van der Waals surface area (Å²) in [7, 11) is 0. The molecule has 2 aromatic rings. The van der Waals surface area contributed by atoms with Gasteiger partial charge in [0.25, 0.3) is 0 Å². The lowest BCUT2D eigenvalue weighted by Gasteiger charge is -2.35. The highest BCUT2D eigenvalue weighted by Crippen LogP contribution is 2.20. The van der Waals surface area contributed by atoms with Gasteiger partial charge in [0.05, 0.1) is 30.3 Å². The third-order valence-corrected chi connectivity index (χ3v) is 3.51. The van der Waals surface area contributed by atoms with Crippen molar-refractivity contribution in [3.63, 3.8) is 0 Å². The number of H-pyrrole nitrogens is 1. The van der Waals surface area contributed by atoms with Crippen LogP contribution in [0.1, 0.15) is 6.92 Å². The van der Waals surface area contributed by atoms with Gasteiger partial charge in [-0.15, -0.1) is 0 Å². The van der Waals surface area contributed by atoms with Crippen LogP contribution in [0.2, 0.25) is 0 Å². The van der Waals surface area contributed by atoms with Gasteiger partial charge in [0.1, 0.15) is 0 Å². The van der Waals surface area contributed by atoms with E-state index in [4.69, 9.17) is 4.74 Å². The number of anilines is 1. The topological polar surface area (TPSA) is 53.2 Å². The number of likely N-dealkylation sites (N-methyl/N-ethyl adjacent to an activating group) is 1. The zero-order valence-electron chi connectivity index (χ0n) is 11.2. The first-order chi connectivity index (χ1) is 9.38. The zero-order valence-corrected chi connectivity index (χ0v) is 11.2. The number of fused-ring (bicyclic) bond motifs is 1. The zero-order chi connectivity index (χ0) is 13.1. The Bertz CT molecular complexity index is 506. The number of ether oxygens (including phenoxy) is 1. The molecule has 0 aliphatic carbocycles. The van der Waals surface area contributed by atoms with E-state index in [1.807, 2.05) is 18.2 Å². The predicted octanol–water partition coefficient (Wildman–Crippen LogP) is 1.38. The summed E-state index contributed by atoms with van der Waals surface area (Å²) in [4.78, 5) is 10.4. The molecule has 19 heavy (non-hydrogen) atoms. The maximum Gasteiger partial charge on any atom is 0.204 e. The molecule has 5 heteroatoms. The van der Waals surface area contributed by atoms with E-state index in [2.05, 4.69) is 33.2 Å². The Kier molecular flexibility index (Phi) is 3.66. The first kappa shape index (κ1) is 12.4. The van der Waals surface area contributed by atoms with E-state index < -0.39 is 0 Å². The average molecular weight is 260 g/mol. The van der Waals surface area contributed by atoms with E-state index in [9.17, 15) is 0 Å². The Morgan fingerprint density at radius 1 is 1.47 bits per heavy atom. The van der Waals surface area contributed by atoms with E-state index in [-0.39, 0.29) is 0 Å². The molecule has 2 N–H and O–H groups in total. The van der Waals surface area contributed by atoms with Crippen LogP contribution in [0.15, 0.2) is 24.3 Å². The second kappa shape index (κ2) is 5.59. The maximum absolute atomic E-state index is 5.58. The minimum absolute atomic E-state index is 0.342. The van der Waals surface area contributed by atoms with Crippen LogP contribution in [0.4, 0.5) is 5.95 Å². The summed E-state index contributed by atoms with van der Waals surface area (Å²) in [5.74, 6) is 0.951. The Hall–Kier alpha value is -1.59. The van der Waals surface area contributed by atoms with Crippen molar-refractivity contribution in [3.8, 4) is 0 Å². The molecule has 0 bridgehead atoms. The molecule has 5 nitrogen and oxygen atoms in total. The van der Waals surface area contributed by atoms with Gasteiger partial charge >= 0.3 is 0 Å². The average Bonchev–Trinajstić information content (AvgIpc) is 2.89. The Morgan fingerprint density at radius 3 is 3.21 bits per heavy atom. The smallest absolute Gasteiger partial charge is 0.204 e. The molecule has 1 atom stereocenters. The highest BCUT2D eigenvalue weighted by Gasteiger charge is 2.25. The molecule has 0 radical (unpaired) electrons. The summed E-state index contributed by atoms with van der Waals surface area (Å²) in [5.41, 5.74) is 2.11. The van der Waals surface area contributed by atoms with Gasteiger partial charge in [-0.2, -0.15) is 0 Å². The number of para-hydroxylation sites is 2. The fraction of sp³-hybridized carbons (Fsp3) is 0.500. The molecule has 0 amide bonds. The van der Waals surface area contributed by atoms with Crippen molar-refractivity contribution in [1.29, 1.82) is 0 Å². The molecule has 1 unspecified atom stereocenters. The molecular weight excluding hydrogens is 240 g/mol. The molecule has 0 saturated carbocycles. The van der Waals surface area contributed by atoms with Gasteiger partial charge in [-0.25, -0.2) is 4.98 Å². The molecule has 1 aliphatic rings. The van der Waals surface area contributed by atoms with Crippen molar-refractivity contribution in [2.24, 2.45) is 0 Å². The minimum Gasteiger partial charge on any atom is -0.377 e. The third kappa shape index (κ3) is 2.57. The molecule has 1 fully saturated rings. The standard InChI is InChI=1S/C14H20N4O/c1-2-15-9-11-10-19-8-7-18(11)14-16-12-5-3-4-6-13(12)17-14/h3-6,11,15H,2,7-10H2,1H3,(H,16,17). The van der Waals surface area contributed by atoms with Crippen LogP contribution in [-0.4, -0.2) is 48.9 Å². The number of rotatable bonds is 4. The fourth-order valence-corrected chi connectivity index (χ4v) is 2.49. The van der Waals surface area contributed by atoms with Crippen LogP contribution >= 0.6 is 0 Å². The van der Waals surface area contributed by atoms with Crippen molar-refractivity contribution in [2.75, 3.05) is 37.7 Å². The van der Waals surface area contributed by atoms with Crippen LogP contribution in [0.5, 0.6) is 0 Å². The molecule has 1 aromatic heterocycles. The van der Waals surface area contributed by atoms with Crippen LogP contribution in [0, 0.1) is 0 Å². The van der Waals surface area contributed by atoms with Gasteiger partial charge in [0, 0.05) is 13.1 Å². The number of hydrogen-bond acceptors (Lipinski definition) is 4. The number of morpholine rings is 1. The lowest BCUT2D eigenvalue weighted by atomic mass is 10.2. The van der Waals surface area contributed by atoms with Crippen molar-refractivity contribution in [3.05, 3.63) is 24.3 Å². The lowest BCUT2D eigenvalue weighted by Crippen LogP contribution is -2.51. The number of imidazole rings is 1. The molecule has 1 aromatic carbocycles. The largest absolute Gasteiger partial charge is 0.377 e. The van der Waals surface area contributed by atoms with Crippen molar-refractivity contribution >= 4 is 17.0 Å². The molecule has 0 spiro atoms. The van der Waals surface area contributed by atoms with Gasteiger partial charge in [-0.3, -0.25) is 0 Å². The predicted molar refractivity (Wildman–Crippen MR) is 76.6 cm³/mol. The Morgan fingerprint density at radius 2 is 2.37 bits per heavy atom. The summed E-state index contributed by atoms with van der Waals surface area (Å²) >= 11 is 0. The van der Waals surface area contributed by atoms with E-state index in [0.29, 0.717) is 6.04 Å². The second-order valence-electron chi connectivity index (χ2n) is 4.81. The van der Waals surface area contributed by atoms with Crippen molar-refractivity contribution in [2.45, 2.75) is 13.0 Å². The number of nitrogens with one attached hydrogen (secondary N) is 2. The van der Waals surface area contributed by atoms with Gasteiger partial charge < -0.3 is 19.9 Å². The first-order valence-electron chi connectivity index (χ1n) is 6.88. The highest BCUT2D eigenvalue weighted by atomic mass is 16.5. The molecule has 2 heterocycles. The molecular formula is C14H20N4O. The minimum atomic E-state index is 0.342. The van der Waals surface area contributed by atoms with Crippen LogP contribution in [0.3, 0.4) is 0 Å². The molecule has 3 rings (SSSR count). The normalized spacial score (nSPS) is 20.1. The molecule has 1 saturated heterocycles. The number of hydrogen-bond donors (Lipinski definition) is 2. The number of aromatic nitrogens is 2. The number of nitrogens with zero attached hydrogens (tertiary/aromatic N) is 2. The van der Waals surface area contributed by atoms with Gasteiger partial charge in [-0.05, 0) is 18.7 Å². The van der Waals surface area contributed by atoms with E-state index in [1.165, 1.54) is 0 Å². The lowest BCUT2D eigenvalue weighted by molar-refractivity contribution is 0.0932. The number of benzene rings is 1. The van der Waals surface area contributed by atoms with Gasteiger partial charge in [0.2, 0.25) is 5.95 Å². The van der Waals surface area contributed by atoms with Gasteiger partial charge in [0.15, 0.2) is 0 Å². The Balaban J connectivity index is 1.84. The fourth-order valence-electron chi connectivity index (χ4n) is 2.49. The highest BCUT2D eigenvalue weighted by molar-refractivity contribution is 5.77. The van der Waals surface area contributed by atoms with E-state index in [1.54, 1.807) is 0 Å². The third-order valence-electron chi connectivity index (χ3n) is 3.51. The number of aromatic amines is 1. The van der Waals surface area contributed by atoms with Crippen LogP contribution < -0.4 is 10.2 Å². The quantitative estimate of drug-likeness (QED) is 0.872. The Labute approximate surface area is 113 Å². The summed E-state index contributed by atoms with van der Waals surface area (Å²) in [5, 5.41) is 3.39. The van der Waals surface area contributed by atoms with Crippen molar-refractivity contribution in [1.82, 2.24) is 15.3 Å². The molecule has 1 aliphatic heterocycles. The maximum atomic E-state index is 5.58. The van der Waals surface area contributed by atoms with E-state index >= 15 is 0 Å². The first-order valence-corrected chi connectivity index (χ1v) is 6.88. The SMILES string of the molecule is CCNCC1COCCN1c1nc2ccccc2[nH]1. The second-order valence-corrected chi connectivity index (χ2v) is 4.81. The summed E-state index contributed by atoms with van der Waals surface area (Å²) < 4.78 is 5.58. The van der Waals surface area contributed by atoms with E-state index in [0.717, 1.165) is 49.8 Å². The molecule has 102 valence electrons. The van der Waals surface area contributed by atoms with Gasteiger partial charge in [-0.1, -0.05) is 19.1 Å². The summed E-state index contributed by atoms with van der Waals surface area (Å²) in [6.45, 7) is 6.42. The summed E-state index contributed by atoms with van der Waals surface area (Å²) in [6, 6.07) is 8.48.